The molecule has 50 valence electrons. The van der Waals surface area contributed by atoms with Crippen LogP contribution in [-0.4, -0.2) is 6.17 Å². The van der Waals surface area contributed by atoms with E-state index in [1.807, 2.05) is 19.9 Å². The molecule has 0 aromatic heterocycles. The van der Waals surface area contributed by atoms with Gasteiger partial charge in [0.2, 0.25) is 0 Å². The summed E-state index contributed by atoms with van der Waals surface area (Å²) in [6.07, 6.45) is 3.44. The molecule has 1 atom stereocenters. The number of halogens is 1. The maximum absolute atomic E-state index is 12.5. The Balaban J connectivity index is 2.75. The zero-order valence-electron chi connectivity index (χ0n) is 5.82. The molecule has 0 saturated heterocycles. The molecule has 0 fully saturated rings. The fourth-order valence-corrected chi connectivity index (χ4v) is 0.921. The van der Waals surface area contributed by atoms with E-state index in [9.17, 15) is 4.39 Å². The maximum atomic E-state index is 12.5. The minimum atomic E-state index is -0.742. The third kappa shape index (κ3) is 1.41. The van der Waals surface area contributed by atoms with Crippen molar-refractivity contribution in [1.82, 2.24) is 0 Å². The normalized spacial score (nSPS) is 27.2. The van der Waals surface area contributed by atoms with Gasteiger partial charge in [-0.15, -0.1) is 0 Å². The van der Waals surface area contributed by atoms with Gasteiger partial charge in [-0.1, -0.05) is 11.6 Å². The van der Waals surface area contributed by atoms with Gasteiger partial charge >= 0.3 is 0 Å². The molecule has 0 nitrogen and oxygen atoms in total. The lowest BCUT2D eigenvalue weighted by Crippen LogP contribution is -2.00. The first-order chi connectivity index (χ1) is 4.20. The molecule has 9 heavy (non-hydrogen) atoms. The van der Waals surface area contributed by atoms with Crippen LogP contribution in [0, 0.1) is 0 Å². The van der Waals surface area contributed by atoms with E-state index < -0.39 is 6.17 Å². The lowest BCUT2D eigenvalue weighted by atomic mass is 10.00. The van der Waals surface area contributed by atoms with E-state index in [0.717, 1.165) is 5.57 Å². The van der Waals surface area contributed by atoms with Gasteiger partial charge in [0.1, 0.15) is 6.17 Å². The van der Waals surface area contributed by atoms with Crippen molar-refractivity contribution in [3.63, 3.8) is 0 Å². The van der Waals surface area contributed by atoms with Crippen LogP contribution in [0.2, 0.25) is 0 Å². The van der Waals surface area contributed by atoms with E-state index >= 15 is 0 Å². The smallest absolute Gasteiger partial charge is 0.122 e. The largest absolute Gasteiger partial charge is 0.243 e. The molecule has 1 aliphatic carbocycles. The lowest BCUT2D eigenvalue weighted by molar-refractivity contribution is 0.398. The van der Waals surface area contributed by atoms with Crippen LogP contribution in [0.5, 0.6) is 0 Å². The van der Waals surface area contributed by atoms with Crippen LogP contribution in [0.4, 0.5) is 4.39 Å². The third-order valence-electron chi connectivity index (χ3n) is 1.70. The molecule has 0 heterocycles. The monoisotopic (exact) mass is 126 g/mol. The molecule has 0 aromatic carbocycles. The molecule has 0 aliphatic heterocycles. The van der Waals surface area contributed by atoms with Crippen LogP contribution < -0.4 is 0 Å². The molecule has 0 N–H and O–H groups in total. The Morgan fingerprint density at radius 1 is 1.44 bits per heavy atom. The van der Waals surface area contributed by atoms with Crippen molar-refractivity contribution in [2.45, 2.75) is 26.4 Å². The second-order valence-corrected chi connectivity index (χ2v) is 2.49. The average Bonchev–Trinajstić information content (AvgIpc) is 1.80. The van der Waals surface area contributed by atoms with Crippen LogP contribution in [0.15, 0.2) is 23.3 Å². The Bertz CT molecular complexity index is 165. The molecular formula is C8H11F. The summed E-state index contributed by atoms with van der Waals surface area (Å²) >= 11 is 0. The number of hydrogen-bond donors (Lipinski definition) is 0. The van der Waals surface area contributed by atoms with Gasteiger partial charge in [-0.25, -0.2) is 4.39 Å². The molecule has 1 rings (SSSR count). The van der Waals surface area contributed by atoms with E-state index in [4.69, 9.17) is 0 Å². The quantitative estimate of drug-likeness (QED) is 0.468. The third-order valence-corrected chi connectivity index (χ3v) is 1.70. The highest BCUT2D eigenvalue weighted by molar-refractivity contribution is 5.31. The van der Waals surface area contributed by atoms with Crippen molar-refractivity contribution in [1.29, 1.82) is 0 Å². The Hall–Kier alpha value is -0.590. The van der Waals surface area contributed by atoms with Crippen molar-refractivity contribution in [2.24, 2.45) is 0 Å². The van der Waals surface area contributed by atoms with Crippen molar-refractivity contribution in [3.05, 3.63) is 23.3 Å². The second kappa shape index (κ2) is 2.34. The van der Waals surface area contributed by atoms with E-state index in [0.29, 0.717) is 6.42 Å². The number of rotatable bonds is 0. The van der Waals surface area contributed by atoms with E-state index in [-0.39, 0.29) is 0 Å². The highest BCUT2D eigenvalue weighted by Gasteiger charge is 2.07. The van der Waals surface area contributed by atoms with Crippen LogP contribution >= 0.6 is 0 Å². The predicted molar refractivity (Wildman–Crippen MR) is 37.0 cm³/mol. The standard InChI is InChI=1S/C8H11F/c1-6-3-4-8(9)5-7(6)2/h3,5,8H,4H2,1-2H3/t8-/m1/s1. The first-order valence-corrected chi connectivity index (χ1v) is 3.20. The summed E-state index contributed by atoms with van der Waals surface area (Å²) < 4.78 is 12.5. The zero-order valence-corrected chi connectivity index (χ0v) is 5.82. The summed E-state index contributed by atoms with van der Waals surface area (Å²) in [4.78, 5) is 0. The van der Waals surface area contributed by atoms with Crippen LogP contribution in [-0.2, 0) is 0 Å². The van der Waals surface area contributed by atoms with E-state index in [1.54, 1.807) is 6.08 Å². The SMILES string of the molecule is CC1=CC[C@@H](F)C=C1C. The minimum absolute atomic E-state index is 0.559. The highest BCUT2D eigenvalue weighted by Crippen LogP contribution is 2.18. The molecule has 0 aromatic rings. The van der Waals surface area contributed by atoms with Gasteiger partial charge in [0.15, 0.2) is 0 Å². The fourth-order valence-electron chi connectivity index (χ4n) is 0.921. The van der Waals surface area contributed by atoms with Gasteiger partial charge in [-0.3, -0.25) is 0 Å². The zero-order chi connectivity index (χ0) is 6.85. The summed E-state index contributed by atoms with van der Waals surface area (Å²) in [6, 6.07) is 0. The Labute approximate surface area is 55.1 Å². The molecule has 1 aliphatic rings. The van der Waals surface area contributed by atoms with Gasteiger partial charge in [0.05, 0.1) is 0 Å². The molecule has 0 amide bonds. The van der Waals surface area contributed by atoms with Gasteiger partial charge in [-0.05, 0) is 25.5 Å². The number of alkyl halides is 1. The van der Waals surface area contributed by atoms with Gasteiger partial charge in [-0.2, -0.15) is 0 Å². The Morgan fingerprint density at radius 3 is 2.56 bits per heavy atom. The summed E-state index contributed by atoms with van der Waals surface area (Å²) in [5.41, 5.74) is 2.29. The Kier molecular flexibility index (Phi) is 1.70. The van der Waals surface area contributed by atoms with Crippen LogP contribution in [0.25, 0.3) is 0 Å². The molecule has 0 spiro atoms. The second-order valence-electron chi connectivity index (χ2n) is 2.49. The summed E-state index contributed by atoms with van der Waals surface area (Å²) in [5.74, 6) is 0. The summed E-state index contributed by atoms with van der Waals surface area (Å²) in [7, 11) is 0. The van der Waals surface area contributed by atoms with Crippen LogP contribution in [0.3, 0.4) is 0 Å². The minimum Gasteiger partial charge on any atom is -0.243 e. The molecule has 1 heteroatoms. The molecular weight excluding hydrogens is 115 g/mol. The van der Waals surface area contributed by atoms with Gasteiger partial charge in [0.25, 0.3) is 0 Å². The van der Waals surface area contributed by atoms with E-state index in [2.05, 4.69) is 0 Å². The first-order valence-electron chi connectivity index (χ1n) is 3.20. The van der Waals surface area contributed by atoms with Crippen molar-refractivity contribution < 1.29 is 4.39 Å². The molecule has 0 radical (unpaired) electrons. The maximum Gasteiger partial charge on any atom is 0.122 e. The molecule has 0 unspecified atom stereocenters. The van der Waals surface area contributed by atoms with Gasteiger partial charge in [0, 0.05) is 6.42 Å². The summed E-state index contributed by atoms with van der Waals surface area (Å²) in [6.45, 7) is 3.95. The predicted octanol–water partition coefficient (Wildman–Crippen LogP) is 2.62. The molecule has 0 bridgehead atoms. The van der Waals surface area contributed by atoms with Crippen molar-refractivity contribution in [3.8, 4) is 0 Å². The number of hydrogen-bond acceptors (Lipinski definition) is 0. The van der Waals surface area contributed by atoms with Gasteiger partial charge < -0.3 is 0 Å². The fraction of sp³-hybridized carbons (Fsp3) is 0.500. The highest BCUT2D eigenvalue weighted by atomic mass is 19.1. The van der Waals surface area contributed by atoms with E-state index in [1.165, 1.54) is 5.57 Å². The molecule has 0 saturated carbocycles. The number of allylic oxidation sites excluding steroid dienone is 4. The Morgan fingerprint density at radius 2 is 2.11 bits per heavy atom. The van der Waals surface area contributed by atoms with Crippen molar-refractivity contribution >= 4 is 0 Å². The summed E-state index contributed by atoms with van der Waals surface area (Å²) in [5, 5.41) is 0. The topological polar surface area (TPSA) is 0 Å². The average molecular weight is 126 g/mol. The first kappa shape index (κ1) is 6.53. The van der Waals surface area contributed by atoms with Crippen LogP contribution in [0.1, 0.15) is 20.3 Å². The lowest BCUT2D eigenvalue weighted by Gasteiger charge is -2.10. The van der Waals surface area contributed by atoms with Crippen molar-refractivity contribution in [2.75, 3.05) is 0 Å².